The van der Waals surface area contributed by atoms with E-state index in [0.29, 0.717) is 15.9 Å². The van der Waals surface area contributed by atoms with Crippen molar-refractivity contribution in [3.63, 3.8) is 0 Å². The van der Waals surface area contributed by atoms with Crippen molar-refractivity contribution in [2.75, 3.05) is 5.73 Å². The number of thiazole rings is 1. The summed E-state index contributed by atoms with van der Waals surface area (Å²) < 4.78 is 27.4. The van der Waals surface area contributed by atoms with E-state index in [0.717, 1.165) is 15.1 Å². The number of nitrogen functional groups attached to an aromatic ring is 1. The second kappa shape index (κ2) is 5.69. The molecule has 25 heavy (non-hydrogen) atoms. The van der Waals surface area contributed by atoms with Crippen molar-refractivity contribution in [3.05, 3.63) is 58.6 Å². The van der Waals surface area contributed by atoms with Crippen molar-refractivity contribution in [2.45, 2.75) is 16.7 Å². The van der Waals surface area contributed by atoms with Crippen LogP contribution in [0.25, 0.3) is 21.0 Å². The number of hydrogen-bond donors (Lipinski definition) is 1. The quantitative estimate of drug-likeness (QED) is 0.499. The lowest BCUT2D eigenvalue weighted by molar-refractivity contribution is 0.597. The average Bonchev–Trinajstić information content (AvgIpc) is 2.96. The predicted octanol–water partition coefficient (Wildman–Crippen LogP) is 4.83. The van der Waals surface area contributed by atoms with Crippen LogP contribution in [0, 0.1) is 6.92 Å². The van der Waals surface area contributed by atoms with Gasteiger partial charge in [0, 0.05) is 15.8 Å². The number of hydrogen-bond acceptors (Lipinski definition) is 5. The second-order valence-electron chi connectivity index (χ2n) is 5.66. The summed E-state index contributed by atoms with van der Waals surface area (Å²) in [7, 11) is -3.83. The van der Waals surface area contributed by atoms with E-state index in [1.165, 1.54) is 23.5 Å². The third-order valence-electron chi connectivity index (χ3n) is 4.05. The number of benzene rings is 3. The van der Waals surface area contributed by atoms with Crippen LogP contribution in [0.3, 0.4) is 0 Å². The highest BCUT2D eigenvalue weighted by atomic mass is 35.5. The van der Waals surface area contributed by atoms with E-state index in [1.54, 1.807) is 12.1 Å². The minimum absolute atomic E-state index is 0.0628. The maximum absolute atomic E-state index is 13.3. The highest BCUT2D eigenvalue weighted by molar-refractivity contribution is 7.92. The van der Waals surface area contributed by atoms with Crippen LogP contribution in [-0.4, -0.2) is 13.4 Å². The summed E-state index contributed by atoms with van der Waals surface area (Å²) in [4.78, 5) is 4.67. The first-order valence-corrected chi connectivity index (χ1v) is 10.2. The lowest BCUT2D eigenvalue weighted by atomic mass is 10.1. The Labute approximate surface area is 153 Å². The van der Waals surface area contributed by atoms with Crippen molar-refractivity contribution in [3.8, 4) is 0 Å². The zero-order valence-corrected chi connectivity index (χ0v) is 15.5. The number of nitrogens with zero attached hydrogens (tertiary/aromatic N) is 1. The first-order chi connectivity index (χ1) is 11.9. The summed E-state index contributed by atoms with van der Waals surface area (Å²) in [5, 5.41) is 2.89. The second-order valence-corrected chi connectivity index (χ2v) is 9.18. The Kier molecular flexibility index (Phi) is 3.72. The molecule has 1 heterocycles. The fraction of sp³-hybridized carbons (Fsp3) is 0.0556. The molecule has 4 aromatic rings. The van der Waals surface area contributed by atoms with Crippen LogP contribution in [0.1, 0.15) is 5.01 Å². The Morgan fingerprint density at radius 2 is 1.68 bits per heavy atom. The van der Waals surface area contributed by atoms with Crippen LogP contribution in [0.5, 0.6) is 0 Å². The lowest BCUT2D eigenvalue weighted by Crippen LogP contribution is -2.07. The van der Waals surface area contributed by atoms with Gasteiger partial charge in [0.2, 0.25) is 9.84 Å². The molecule has 0 radical (unpaired) electrons. The van der Waals surface area contributed by atoms with Gasteiger partial charge in [0.05, 0.1) is 20.3 Å². The third kappa shape index (κ3) is 2.49. The smallest absolute Gasteiger partial charge is 0.210 e. The van der Waals surface area contributed by atoms with Gasteiger partial charge in [-0.2, -0.15) is 0 Å². The van der Waals surface area contributed by atoms with Crippen LogP contribution < -0.4 is 5.73 Å². The number of aromatic nitrogens is 1. The Balaban J connectivity index is 2.16. The van der Waals surface area contributed by atoms with Crippen molar-refractivity contribution >= 4 is 59.5 Å². The van der Waals surface area contributed by atoms with E-state index in [-0.39, 0.29) is 15.5 Å². The van der Waals surface area contributed by atoms with Crippen molar-refractivity contribution in [1.82, 2.24) is 4.98 Å². The van der Waals surface area contributed by atoms with Crippen LogP contribution in [0.4, 0.5) is 5.69 Å². The molecule has 126 valence electrons. The number of halogens is 1. The minimum Gasteiger partial charge on any atom is -0.397 e. The van der Waals surface area contributed by atoms with E-state index in [1.807, 2.05) is 31.2 Å². The largest absolute Gasteiger partial charge is 0.397 e. The molecular weight excluding hydrogens is 376 g/mol. The van der Waals surface area contributed by atoms with Gasteiger partial charge < -0.3 is 5.73 Å². The van der Waals surface area contributed by atoms with E-state index < -0.39 is 9.84 Å². The fourth-order valence-corrected chi connectivity index (χ4v) is 5.62. The van der Waals surface area contributed by atoms with Crippen LogP contribution in [0.2, 0.25) is 5.02 Å². The van der Waals surface area contributed by atoms with E-state index in [2.05, 4.69) is 4.98 Å². The highest BCUT2D eigenvalue weighted by Gasteiger charge is 2.27. The van der Waals surface area contributed by atoms with Gasteiger partial charge in [0.15, 0.2) is 0 Å². The maximum atomic E-state index is 13.3. The molecule has 0 bridgehead atoms. The third-order valence-corrected chi connectivity index (χ3v) is 7.15. The van der Waals surface area contributed by atoms with Crippen molar-refractivity contribution in [2.24, 2.45) is 0 Å². The molecule has 0 saturated heterocycles. The Bertz CT molecular complexity index is 1230. The standard InChI is InChI=1S/C18H13ClN2O2S2/c1-10-21-16-17(24-10)14-5-3-2-4-13(14)15(20)18(16)25(22,23)12-8-6-11(19)7-9-12/h2-9H,20H2,1H3. The van der Waals surface area contributed by atoms with Crippen molar-refractivity contribution < 1.29 is 8.42 Å². The van der Waals surface area contributed by atoms with Gasteiger partial charge in [-0.1, -0.05) is 35.9 Å². The number of anilines is 1. The molecule has 2 N–H and O–H groups in total. The average molecular weight is 389 g/mol. The number of sulfone groups is 1. The first kappa shape index (κ1) is 16.3. The molecule has 4 nitrogen and oxygen atoms in total. The molecule has 3 aromatic carbocycles. The summed E-state index contributed by atoms with van der Waals surface area (Å²) in [6.45, 7) is 1.86. The van der Waals surface area contributed by atoms with Gasteiger partial charge in [-0.05, 0) is 31.2 Å². The molecule has 4 rings (SSSR count). The first-order valence-electron chi connectivity index (χ1n) is 7.47. The van der Waals surface area contributed by atoms with Crippen LogP contribution >= 0.6 is 22.9 Å². The Hall–Kier alpha value is -2.15. The SMILES string of the molecule is Cc1nc2c(S(=O)(=O)c3ccc(Cl)cc3)c(N)c3ccccc3c2s1. The number of aryl methyl sites for hydroxylation is 1. The molecule has 0 unspecified atom stereocenters. The zero-order chi connectivity index (χ0) is 17.8. The van der Waals surface area contributed by atoms with Gasteiger partial charge >= 0.3 is 0 Å². The molecule has 0 fully saturated rings. The van der Waals surface area contributed by atoms with E-state index in [9.17, 15) is 8.42 Å². The van der Waals surface area contributed by atoms with Gasteiger partial charge in [0.1, 0.15) is 10.4 Å². The molecule has 0 atom stereocenters. The van der Waals surface area contributed by atoms with Gasteiger partial charge in [-0.15, -0.1) is 11.3 Å². The molecule has 0 saturated carbocycles. The van der Waals surface area contributed by atoms with Gasteiger partial charge in [-0.25, -0.2) is 13.4 Å². The lowest BCUT2D eigenvalue weighted by Gasteiger charge is -2.12. The summed E-state index contributed by atoms with van der Waals surface area (Å²) in [6.07, 6.45) is 0. The van der Waals surface area contributed by atoms with Crippen LogP contribution in [0.15, 0.2) is 58.3 Å². The normalized spacial score (nSPS) is 12.1. The fourth-order valence-electron chi connectivity index (χ4n) is 2.93. The highest BCUT2D eigenvalue weighted by Crippen LogP contribution is 2.41. The topological polar surface area (TPSA) is 73.0 Å². The summed E-state index contributed by atoms with van der Waals surface area (Å²) >= 11 is 7.35. The predicted molar refractivity (Wildman–Crippen MR) is 103 cm³/mol. The summed E-state index contributed by atoms with van der Waals surface area (Å²) in [6, 6.07) is 13.6. The molecule has 0 aliphatic rings. The molecule has 0 aliphatic carbocycles. The van der Waals surface area contributed by atoms with E-state index in [4.69, 9.17) is 17.3 Å². The molecule has 0 spiro atoms. The number of fused-ring (bicyclic) bond motifs is 3. The monoisotopic (exact) mass is 388 g/mol. The summed E-state index contributed by atoms with van der Waals surface area (Å²) in [5.74, 6) is 0. The molecule has 1 aromatic heterocycles. The minimum atomic E-state index is -3.83. The van der Waals surface area contributed by atoms with Gasteiger partial charge in [-0.3, -0.25) is 0 Å². The van der Waals surface area contributed by atoms with E-state index >= 15 is 0 Å². The molecule has 7 heteroatoms. The Morgan fingerprint density at radius 3 is 2.36 bits per heavy atom. The summed E-state index contributed by atoms with van der Waals surface area (Å²) in [5.41, 5.74) is 6.96. The van der Waals surface area contributed by atoms with Crippen LogP contribution in [-0.2, 0) is 9.84 Å². The molecule has 0 aliphatic heterocycles. The maximum Gasteiger partial charge on any atom is 0.210 e. The van der Waals surface area contributed by atoms with Crippen molar-refractivity contribution in [1.29, 1.82) is 0 Å². The zero-order valence-electron chi connectivity index (χ0n) is 13.2. The molecule has 0 amide bonds. The Morgan fingerprint density at radius 1 is 1.04 bits per heavy atom. The van der Waals surface area contributed by atoms with Gasteiger partial charge in [0.25, 0.3) is 0 Å². The number of rotatable bonds is 2. The number of nitrogens with two attached hydrogens (primary N) is 1. The molecular formula is C18H13ClN2O2S2.